The van der Waals surface area contributed by atoms with E-state index >= 15 is 0 Å². The number of hydrogen-bond acceptors (Lipinski definition) is 3. The van der Waals surface area contributed by atoms with Crippen LogP contribution in [0.5, 0.6) is 5.75 Å². The first-order valence-corrected chi connectivity index (χ1v) is 6.49. The highest BCUT2D eigenvalue weighted by atomic mass is 19.4. The molecular formula is C16H11F3N2O2. The number of nitrogens with one attached hydrogen (secondary N) is 1. The zero-order chi connectivity index (χ0) is 16.9. The van der Waals surface area contributed by atoms with Crippen molar-refractivity contribution < 1.29 is 22.7 Å². The fourth-order valence-electron chi connectivity index (χ4n) is 1.75. The average molecular weight is 320 g/mol. The molecule has 0 aromatic heterocycles. The van der Waals surface area contributed by atoms with Gasteiger partial charge in [-0.25, -0.2) is 0 Å². The predicted octanol–water partition coefficient (Wildman–Crippen LogP) is 3.75. The lowest BCUT2D eigenvalue weighted by Gasteiger charge is -2.13. The second-order valence-corrected chi connectivity index (χ2v) is 4.54. The number of halogens is 3. The third-order valence-corrected chi connectivity index (χ3v) is 2.80. The number of benzene rings is 2. The number of carbonyl (C=O) groups is 1. The molecular weight excluding hydrogens is 309 g/mol. The topological polar surface area (TPSA) is 62.1 Å². The zero-order valence-electron chi connectivity index (χ0n) is 11.7. The fourth-order valence-corrected chi connectivity index (χ4v) is 1.75. The van der Waals surface area contributed by atoms with Gasteiger partial charge in [0.25, 0.3) is 5.91 Å². The van der Waals surface area contributed by atoms with Gasteiger partial charge in [0.15, 0.2) is 6.61 Å². The largest absolute Gasteiger partial charge is 0.482 e. The molecule has 0 aliphatic carbocycles. The van der Waals surface area contributed by atoms with Gasteiger partial charge in [-0.15, -0.1) is 0 Å². The summed E-state index contributed by atoms with van der Waals surface area (Å²) in [5.74, 6) is -0.593. The van der Waals surface area contributed by atoms with Crippen molar-refractivity contribution >= 4 is 11.6 Å². The highest BCUT2D eigenvalue weighted by Crippen LogP contribution is 2.26. The maximum atomic E-state index is 12.2. The Kier molecular flexibility index (Phi) is 4.86. The predicted molar refractivity (Wildman–Crippen MR) is 77.1 cm³/mol. The molecule has 118 valence electrons. The molecule has 0 aliphatic heterocycles. The molecule has 1 N–H and O–H groups in total. The zero-order valence-corrected chi connectivity index (χ0v) is 11.7. The van der Waals surface area contributed by atoms with Gasteiger partial charge in [-0.3, -0.25) is 4.79 Å². The van der Waals surface area contributed by atoms with Crippen molar-refractivity contribution in [3.63, 3.8) is 0 Å². The van der Waals surface area contributed by atoms with Crippen LogP contribution in [0.1, 0.15) is 15.9 Å². The quantitative estimate of drug-likeness (QED) is 0.933. The van der Waals surface area contributed by atoms with Gasteiger partial charge in [0.05, 0.1) is 17.3 Å². The molecule has 4 nitrogen and oxygen atoms in total. The molecule has 0 bridgehead atoms. The molecule has 0 spiro atoms. The first-order valence-electron chi connectivity index (χ1n) is 6.49. The van der Waals surface area contributed by atoms with Gasteiger partial charge in [-0.2, -0.15) is 18.4 Å². The summed E-state index contributed by atoms with van der Waals surface area (Å²) >= 11 is 0. The molecule has 0 fully saturated rings. The molecule has 0 radical (unpaired) electrons. The SMILES string of the molecule is N#Cc1ccc(C(=O)Nc2ccccc2OCC(F)(F)F)cc1. The molecule has 0 saturated carbocycles. The van der Waals surface area contributed by atoms with Crippen molar-refractivity contribution in [1.82, 2.24) is 0 Å². The summed E-state index contributed by atoms with van der Waals surface area (Å²) in [6.45, 7) is -1.45. The van der Waals surface area contributed by atoms with E-state index in [0.29, 0.717) is 5.56 Å². The monoisotopic (exact) mass is 320 g/mol. The van der Waals surface area contributed by atoms with Crippen molar-refractivity contribution in [1.29, 1.82) is 5.26 Å². The van der Waals surface area contributed by atoms with Crippen LogP contribution in [0.15, 0.2) is 48.5 Å². The Morgan fingerprint density at radius 1 is 1.13 bits per heavy atom. The number of carbonyl (C=O) groups excluding carboxylic acids is 1. The summed E-state index contributed by atoms with van der Waals surface area (Å²) in [5, 5.41) is 11.2. The standard InChI is InChI=1S/C16H11F3N2O2/c17-16(18,19)10-23-14-4-2-1-3-13(14)21-15(22)12-7-5-11(9-20)6-8-12/h1-8H,10H2,(H,21,22). The van der Waals surface area contributed by atoms with Crippen LogP contribution in [0.2, 0.25) is 0 Å². The fraction of sp³-hybridized carbons (Fsp3) is 0.125. The Labute approximate surface area is 130 Å². The molecule has 1 amide bonds. The number of para-hydroxylation sites is 2. The number of amides is 1. The van der Waals surface area contributed by atoms with E-state index in [4.69, 9.17) is 10.00 Å². The maximum Gasteiger partial charge on any atom is 0.422 e. The third kappa shape index (κ3) is 4.74. The van der Waals surface area contributed by atoms with E-state index < -0.39 is 18.7 Å². The van der Waals surface area contributed by atoms with Crippen LogP contribution in [0.3, 0.4) is 0 Å². The van der Waals surface area contributed by atoms with Gasteiger partial charge in [-0.05, 0) is 36.4 Å². The summed E-state index contributed by atoms with van der Waals surface area (Å²) in [6, 6.07) is 13.6. The van der Waals surface area contributed by atoms with Crippen LogP contribution in [0, 0.1) is 11.3 Å². The second-order valence-electron chi connectivity index (χ2n) is 4.54. The number of nitriles is 1. The van der Waals surface area contributed by atoms with Crippen molar-refractivity contribution in [3.05, 3.63) is 59.7 Å². The Balaban J connectivity index is 2.12. The lowest BCUT2D eigenvalue weighted by Crippen LogP contribution is -2.20. The van der Waals surface area contributed by atoms with E-state index in [1.165, 1.54) is 42.5 Å². The van der Waals surface area contributed by atoms with Crippen molar-refractivity contribution in [3.8, 4) is 11.8 Å². The van der Waals surface area contributed by atoms with E-state index in [1.807, 2.05) is 6.07 Å². The lowest BCUT2D eigenvalue weighted by atomic mass is 10.1. The highest BCUT2D eigenvalue weighted by molar-refractivity contribution is 6.05. The smallest absolute Gasteiger partial charge is 0.422 e. The Hall–Kier alpha value is -3.01. The molecule has 2 rings (SSSR count). The summed E-state index contributed by atoms with van der Waals surface area (Å²) in [6.07, 6.45) is -4.47. The molecule has 23 heavy (non-hydrogen) atoms. The van der Waals surface area contributed by atoms with Crippen LogP contribution in [0.25, 0.3) is 0 Å². The van der Waals surface area contributed by atoms with E-state index in [1.54, 1.807) is 6.07 Å². The number of alkyl halides is 3. The minimum Gasteiger partial charge on any atom is -0.482 e. The summed E-state index contributed by atoms with van der Waals surface area (Å²) in [7, 11) is 0. The average Bonchev–Trinajstić information content (AvgIpc) is 2.53. The van der Waals surface area contributed by atoms with Gasteiger partial charge in [0.1, 0.15) is 5.75 Å². The first-order chi connectivity index (χ1) is 10.9. The first kappa shape index (κ1) is 16.4. The van der Waals surface area contributed by atoms with E-state index in [-0.39, 0.29) is 17.0 Å². The van der Waals surface area contributed by atoms with E-state index in [9.17, 15) is 18.0 Å². The van der Waals surface area contributed by atoms with Crippen LogP contribution >= 0.6 is 0 Å². The molecule has 0 atom stereocenters. The van der Waals surface area contributed by atoms with Crippen molar-refractivity contribution in [2.24, 2.45) is 0 Å². The molecule has 0 aliphatic rings. The maximum absolute atomic E-state index is 12.2. The molecule has 2 aromatic carbocycles. The molecule has 7 heteroatoms. The molecule has 0 heterocycles. The third-order valence-electron chi connectivity index (χ3n) is 2.80. The highest BCUT2D eigenvalue weighted by Gasteiger charge is 2.28. The Morgan fingerprint density at radius 2 is 1.78 bits per heavy atom. The van der Waals surface area contributed by atoms with Crippen molar-refractivity contribution in [2.45, 2.75) is 6.18 Å². The van der Waals surface area contributed by atoms with Crippen LogP contribution in [-0.4, -0.2) is 18.7 Å². The number of nitrogens with zero attached hydrogens (tertiary/aromatic N) is 1. The van der Waals surface area contributed by atoms with E-state index in [0.717, 1.165) is 0 Å². The summed E-state index contributed by atoms with van der Waals surface area (Å²) < 4.78 is 41.4. The lowest BCUT2D eigenvalue weighted by molar-refractivity contribution is -0.153. The molecule has 0 saturated heterocycles. The van der Waals surface area contributed by atoms with Crippen LogP contribution in [0.4, 0.5) is 18.9 Å². The number of anilines is 1. The summed E-state index contributed by atoms with van der Waals surface area (Å²) in [5.41, 5.74) is 0.802. The number of ether oxygens (including phenoxy) is 1. The number of hydrogen-bond donors (Lipinski definition) is 1. The minimum absolute atomic E-state index is 0.0770. The van der Waals surface area contributed by atoms with Gasteiger partial charge in [0, 0.05) is 5.56 Å². The Bertz CT molecular complexity index is 734. The van der Waals surface area contributed by atoms with E-state index in [2.05, 4.69) is 5.32 Å². The Morgan fingerprint density at radius 3 is 2.39 bits per heavy atom. The van der Waals surface area contributed by atoms with Gasteiger partial charge in [0.2, 0.25) is 0 Å². The van der Waals surface area contributed by atoms with Crippen LogP contribution in [-0.2, 0) is 0 Å². The number of rotatable bonds is 4. The second kappa shape index (κ2) is 6.83. The van der Waals surface area contributed by atoms with Gasteiger partial charge < -0.3 is 10.1 Å². The molecule has 0 unspecified atom stereocenters. The van der Waals surface area contributed by atoms with Crippen LogP contribution < -0.4 is 10.1 Å². The normalized spacial score (nSPS) is 10.7. The van der Waals surface area contributed by atoms with Gasteiger partial charge >= 0.3 is 6.18 Å². The van der Waals surface area contributed by atoms with Crippen molar-refractivity contribution in [2.75, 3.05) is 11.9 Å². The minimum atomic E-state index is -4.47. The van der Waals surface area contributed by atoms with Gasteiger partial charge in [-0.1, -0.05) is 12.1 Å². The molecule has 2 aromatic rings. The summed E-state index contributed by atoms with van der Waals surface area (Å²) in [4.78, 5) is 12.1.